The van der Waals surface area contributed by atoms with Crippen molar-refractivity contribution in [2.75, 3.05) is 0 Å². The third-order valence-corrected chi connectivity index (χ3v) is 10.3. The average Bonchev–Trinajstić information content (AvgIpc) is 2.55. The van der Waals surface area contributed by atoms with Gasteiger partial charge >= 0.3 is 0 Å². The van der Waals surface area contributed by atoms with Crippen molar-refractivity contribution < 1.29 is 4.74 Å². The summed E-state index contributed by atoms with van der Waals surface area (Å²) < 4.78 is 6.43. The summed E-state index contributed by atoms with van der Waals surface area (Å²) in [7, 11) is 0. The first-order valence-corrected chi connectivity index (χ1v) is 11.7. The van der Waals surface area contributed by atoms with E-state index in [1.54, 1.807) is 0 Å². The number of ether oxygens (including phenoxy) is 1. The van der Waals surface area contributed by atoms with E-state index < -0.39 is 6.47 Å². The molecular weight excluding hydrogens is 712 g/mol. The van der Waals surface area contributed by atoms with Gasteiger partial charge in [-0.2, -0.15) is 0 Å². The topological polar surface area (TPSA) is 9.23 Å². The molecule has 0 aliphatic heterocycles. The molecule has 0 heterocycles. The van der Waals surface area contributed by atoms with E-state index in [1.165, 1.54) is 0 Å². The summed E-state index contributed by atoms with van der Waals surface area (Å²) >= 11 is 21.5. The summed E-state index contributed by atoms with van der Waals surface area (Å²) in [6, 6.07) is 15.5. The molecule has 2 aromatic rings. The lowest BCUT2D eigenvalue weighted by atomic mass is 10.1. The maximum atomic E-state index is 6.27. The third-order valence-electron chi connectivity index (χ3n) is 3.35. The Kier molecular flexibility index (Phi) is 7.65. The largest absolute Gasteiger partial charge is 0.457 e. The van der Waals surface area contributed by atoms with Crippen molar-refractivity contribution in [2.24, 2.45) is 0 Å². The van der Waals surface area contributed by atoms with Gasteiger partial charge in [0.1, 0.15) is 18.0 Å². The van der Waals surface area contributed by atoms with Crippen LogP contribution in [0.15, 0.2) is 70.7 Å². The SMILES string of the molecule is C=C(Br)C(Br)(Br)c1ccccc1Oc1ccccc1C(Br)(Br)C(=C)Br. The van der Waals surface area contributed by atoms with Crippen molar-refractivity contribution in [1.29, 1.82) is 0 Å². The Morgan fingerprint density at radius 2 is 1.00 bits per heavy atom. The maximum absolute atomic E-state index is 6.27. The molecule has 0 spiro atoms. The minimum absolute atomic E-state index is 0.648. The molecule has 0 aromatic heterocycles. The highest BCUT2D eigenvalue weighted by Crippen LogP contribution is 2.53. The monoisotopic (exact) mass is 718 g/mol. The predicted molar refractivity (Wildman–Crippen MR) is 128 cm³/mol. The van der Waals surface area contributed by atoms with Crippen molar-refractivity contribution >= 4 is 95.6 Å². The third kappa shape index (κ3) is 4.91. The first-order valence-electron chi connectivity index (χ1n) is 6.90. The Balaban J connectivity index is 2.54. The zero-order valence-electron chi connectivity index (χ0n) is 12.7. The van der Waals surface area contributed by atoms with E-state index in [-0.39, 0.29) is 0 Å². The Morgan fingerprint density at radius 3 is 1.32 bits per heavy atom. The Hall–Kier alpha value is 0.600. The van der Waals surface area contributed by atoms with E-state index in [9.17, 15) is 0 Å². The molecule has 0 saturated heterocycles. The van der Waals surface area contributed by atoms with Crippen molar-refractivity contribution in [1.82, 2.24) is 0 Å². The van der Waals surface area contributed by atoms with E-state index in [4.69, 9.17) is 4.74 Å². The first-order chi connectivity index (χ1) is 11.6. The Morgan fingerprint density at radius 1 is 0.680 bits per heavy atom. The maximum Gasteiger partial charge on any atom is 0.139 e. The van der Waals surface area contributed by atoms with Gasteiger partial charge in [0.2, 0.25) is 0 Å². The lowest BCUT2D eigenvalue weighted by Gasteiger charge is -2.26. The van der Waals surface area contributed by atoms with Gasteiger partial charge in [-0.15, -0.1) is 0 Å². The van der Waals surface area contributed by atoms with Crippen LogP contribution >= 0.6 is 95.6 Å². The zero-order chi connectivity index (χ0) is 18.8. The molecule has 0 radical (unpaired) electrons. The molecule has 25 heavy (non-hydrogen) atoms. The number of hydrogen-bond donors (Lipinski definition) is 0. The molecule has 0 amide bonds. The van der Waals surface area contributed by atoms with Crippen LogP contribution in [0.1, 0.15) is 11.1 Å². The van der Waals surface area contributed by atoms with Gasteiger partial charge in [-0.1, -0.05) is 145 Å². The van der Waals surface area contributed by atoms with Gasteiger partial charge in [0.25, 0.3) is 0 Å². The quantitative estimate of drug-likeness (QED) is 0.270. The van der Waals surface area contributed by atoms with E-state index >= 15 is 0 Å². The van der Waals surface area contributed by atoms with Crippen molar-refractivity contribution in [3.8, 4) is 11.5 Å². The van der Waals surface area contributed by atoms with Gasteiger partial charge in [0.15, 0.2) is 0 Å². The van der Waals surface area contributed by atoms with Crippen LogP contribution in [0.5, 0.6) is 11.5 Å². The molecule has 0 unspecified atom stereocenters. The number of para-hydroxylation sites is 2. The Bertz CT molecular complexity index is 745. The molecule has 132 valence electrons. The summed E-state index contributed by atoms with van der Waals surface area (Å²) in [4.78, 5) is 0. The normalized spacial score (nSPS) is 11.9. The summed E-state index contributed by atoms with van der Waals surface area (Å²) in [5.74, 6) is 1.39. The lowest BCUT2D eigenvalue weighted by molar-refractivity contribution is 0.471. The second-order valence-electron chi connectivity index (χ2n) is 5.05. The number of halogens is 6. The summed E-state index contributed by atoms with van der Waals surface area (Å²) in [6.45, 7) is 7.93. The molecule has 2 rings (SSSR count). The molecule has 0 saturated carbocycles. The van der Waals surface area contributed by atoms with Gasteiger partial charge in [0, 0.05) is 20.1 Å². The van der Waals surface area contributed by atoms with Crippen molar-refractivity contribution in [2.45, 2.75) is 6.47 Å². The molecule has 7 heteroatoms. The van der Waals surface area contributed by atoms with E-state index in [1.807, 2.05) is 48.5 Å². The first kappa shape index (κ1) is 21.9. The van der Waals surface area contributed by atoms with Crippen molar-refractivity contribution in [3.05, 3.63) is 81.8 Å². The highest BCUT2D eigenvalue weighted by molar-refractivity contribution is 9.26. The fourth-order valence-electron chi connectivity index (χ4n) is 2.04. The van der Waals surface area contributed by atoms with Crippen LogP contribution in [0.2, 0.25) is 0 Å². The number of allylic oxidation sites excluding steroid dienone is 2. The molecule has 0 fully saturated rings. The average molecular weight is 724 g/mol. The van der Waals surface area contributed by atoms with Crippen LogP contribution in [0, 0.1) is 0 Å². The van der Waals surface area contributed by atoms with Crippen LogP contribution < -0.4 is 4.74 Å². The van der Waals surface area contributed by atoms with E-state index in [0.29, 0.717) is 11.5 Å². The molecule has 0 aliphatic carbocycles. The van der Waals surface area contributed by atoms with Gasteiger partial charge in [-0.25, -0.2) is 0 Å². The second kappa shape index (κ2) is 8.74. The fraction of sp³-hybridized carbons (Fsp3) is 0.111. The smallest absolute Gasteiger partial charge is 0.139 e. The molecular formula is C18H12Br6O. The molecule has 0 N–H and O–H groups in total. The van der Waals surface area contributed by atoms with Gasteiger partial charge in [-0.3, -0.25) is 0 Å². The zero-order valence-corrected chi connectivity index (χ0v) is 22.2. The standard InChI is InChI=1S/C18H12Br6O/c1-11(19)17(21,22)13-7-3-5-9-15(13)25-16-10-6-4-8-14(16)18(23,24)12(2)20/h3-10H,1-2H2. The summed E-state index contributed by atoms with van der Waals surface area (Å²) in [5, 5.41) is 0. The Labute approximate surface area is 198 Å². The van der Waals surface area contributed by atoms with E-state index in [2.05, 4.69) is 109 Å². The molecule has 0 bridgehead atoms. The van der Waals surface area contributed by atoms with Gasteiger partial charge in [0.05, 0.1) is 0 Å². The minimum atomic E-state index is -0.648. The highest BCUT2D eigenvalue weighted by Gasteiger charge is 2.33. The minimum Gasteiger partial charge on any atom is -0.457 e. The van der Waals surface area contributed by atoms with Crippen LogP contribution in [0.4, 0.5) is 0 Å². The number of alkyl halides is 4. The van der Waals surface area contributed by atoms with Gasteiger partial charge in [-0.05, 0) is 12.1 Å². The van der Waals surface area contributed by atoms with Crippen LogP contribution in [0.3, 0.4) is 0 Å². The van der Waals surface area contributed by atoms with Gasteiger partial charge < -0.3 is 4.74 Å². The fourth-order valence-corrected chi connectivity index (χ4v) is 3.78. The molecule has 0 atom stereocenters. The number of benzene rings is 2. The van der Waals surface area contributed by atoms with E-state index in [0.717, 1.165) is 20.1 Å². The summed E-state index contributed by atoms with van der Waals surface area (Å²) in [6.07, 6.45) is 0. The van der Waals surface area contributed by atoms with Crippen LogP contribution in [0.25, 0.3) is 0 Å². The summed E-state index contributed by atoms with van der Waals surface area (Å²) in [5.41, 5.74) is 1.78. The van der Waals surface area contributed by atoms with Crippen LogP contribution in [-0.2, 0) is 6.47 Å². The highest BCUT2D eigenvalue weighted by atomic mass is 79.9. The predicted octanol–water partition coefficient (Wildman–Crippen LogP) is 9.18. The number of hydrogen-bond acceptors (Lipinski definition) is 1. The molecule has 0 aliphatic rings. The molecule has 2 aromatic carbocycles. The van der Waals surface area contributed by atoms with Crippen molar-refractivity contribution in [3.63, 3.8) is 0 Å². The lowest BCUT2D eigenvalue weighted by Crippen LogP contribution is -2.12. The number of rotatable bonds is 6. The molecule has 1 nitrogen and oxygen atoms in total. The van der Waals surface area contributed by atoms with Crippen LogP contribution in [-0.4, -0.2) is 0 Å². The second-order valence-corrected chi connectivity index (χ2v) is 13.9.